The van der Waals surface area contributed by atoms with E-state index in [4.69, 9.17) is 0 Å². The number of nitrogens with one attached hydrogen (secondary N) is 1. The lowest BCUT2D eigenvalue weighted by Crippen LogP contribution is -2.54. The predicted molar refractivity (Wildman–Crippen MR) is 76.8 cm³/mol. The molecule has 1 atom stereocenters. The lowest BCUT2D eigenvalue weighted by Gasteiger charge is -2.43. The van der Waals surface area contributed by atoms with E-state index in [1.165, 1.54) is 77.4 Å². The summed E-state index contributed by atoms with van der Waals surface area (Å²) in [5.74, 6) is 1.02. The first-order valence-electron chi connectivity index (χ1n) is 8.27. The molecule has 0 bridgehead atoms. The van der Waals surface area contributed by atoms with Crippen LogP contribution in [0, 0.1) is 5.92 Å². The normalized spacial score (nSPS) is 34.2. The highest BCUT2D eigenvalue weighted by Crippen LogP contribution is 2.34. The molecule has 1 unspecified atom stereocenters. The van der Waals surface area contributed by atoms with Gasteiger partial charge in [0.1, 0.15) is 0 Å². The number of nitrogens with zero attached hydrogens (tertiary/aromatic N) is 1. The van der Waals surface area contributed by atoms with Gasteiger partial charge in [-0.15, -0.1) is 0 Å². The molecule has 0 aromatic rings. The molecular weight excluding hydrogens is 220 g/mol. The van der Waals surface area contributed by atoms with E-state index in [9.17, 15) is 0 Å². The average molecular weight is 250 g/mol. The largest absolute Gasteiger partial charge is 0.310 e. The van der Waals surface area contributed by atoms with Gasteiger partial charge in [0.05, 0.1) is 0 Å². The first-order chi connectivity index (χ1) is 8.77. The second kappa shape index (κ2) is 5.50. The first-order valence-corrected chi connectivity index (χ1v) is 8.27. The molecule has 2 nitrogen and oxygen atoms in total. The third-order valence-electron chi connectivity index (χ3n) is 5.72. The van der Waals surface area contributed by atoms with E-state index < -0.39 is 0 Å². The highest BCUT2D eigenvalue weighted by molar-refractivity contribution is 4.97. The molecule has 2 heteroatoms. The second-order valence-electron chi connectivity index (χ2n) is 7.13. The van der Waals surface area contributed by atoms with Crippen molar-refractivity contribution in [3.05, 3.63) is 0 Å². The van der Waals surface area contributed by atoms with Crippen LogP contribution in [0.1, 0.15) is 64.7 Å². The zero-order valence-corrected chi connectivity index (χ0v) is 12.1. The zero-order chi connectivity index (χ0) is 12.4. The molecule has 0 aromatic heterocycles. The third-order valence-corrected chi connectivity index (χ3v) is 5.72. The van der Waals surface area contributed by atoms with Gasteiger partial charge in [-0.3, -0.25) is 4.90 Å². The Hall–Kier alpha value is -0.0800. The fourth-order valence-corrected chi connectivity index (χ4v) is 4.14. The van der Waals surface area contributed by atoms with E-state index in [1.54, 1.807) is 0 Å². The maximum absolute atomic E-state index is 3.92. The van der Waals surface area contributed by atoms with Crippen LogP contribution in [-0.4, -0.2) is 36.1 Å². The van der Waals surface area contributed by atoms with Crippen molar-refractivity contribution >= 4 is 0 Å². The van der Waals surface area contributed by atoms with Crippen molar-refractivity contribution in [2.24, 2.45) is 5.92 Å². The van der Waals surface area contributed by atoms with Gasteiger partial charge in [0.2, 0.25) is 0 Å². The predicted octanol–water partition coefficient (Wildman–Crippen LogP) is 3.17. The van der Waals surface area contributed by atoms with Crippen LogP contribution in [0.15, 0.2) is 0 Å². The van der Waals surface area contributed by atoms with Crippen molar-refractivity contribution in [1.82, 2.24) is 10.2 Å². The van der Waals surface area contributed by atoms with Gasteiger partial charge in [-0.05, 0) is 51.5 Å². The molecule has 1 heterocycles. The molecule has 0 radical (unpaired) electrons. The van der Waals surface area contributed by atoms with Crippen molar-refractivity contribution in [2.45, 2.75) is 76.3 Å². The fraction of sp³-hybridized carbons (Fsp3) is 1.00. The zero-order valence-electron chi connectivity index (χ0n) is 12.1. The van der Waals surface area contributed by atoms with E-state index in [0.29, 0.717) is 5.54 Å². The smallest absolute Gasteiger partial charge is 0.0308 e. The lowest BCUT2D eigenvalue weighted by molar-refractivity contribution is 0.100. The van der Waals surface area contributed by atoms with Crippen molar-refractivity contribution < 1.29 is 0 Å². The van der Waals surface area contributed by atoms with Gasteiger partial charge in [0.15, 0.2) is 0 Å². The third kappa shape index (κ3) is 2.75. The maximum Gasteiger partial charge on any atom is 0.0308 e. The summed E-state index contributed by atoms with van der Waals surface area (Å²) in [6.45, 7) is 6.39. The molecule has 1 N–H and O–H groups in total. The van der Waals surface area contributed by atoms with Crippen molar-refractivity contribution in [3.63, 3.8) is 0 Å². The Kier molecular flexibility index (Phi) is 3.95. The molecular formula is C16H30N2. The van der Waals surface area contributed by atoms with Gasteiger partial charge in [-0.1, -0.05) is 25.7 Å². The highest BCUT2D eigenvalue weighted by atomic mass is 15.2. The van der Waals surface area contributed by atoms with Gasteiger partial charge < -0.3 is 5.32 Å². The van der Waals surface area contributed by atoms with Gasteiger partial charge >= 0.3 is 0 Å². The molecule has 1 saturated heterocycles. The molecule has 2 saturated carbocycles. The van der Waals surface area contributed by atoms with Crippen LogP contribution in [0.5, 0.6) is 0 Å². The second-order valence-corrected chi connectivity index (χ2v) is 7.13. The molecule has 1 aliphatic heterocycles. The Morgan fingerprint density at radius 1 is 1.06 bits per heavy atom. The molecule has 3 aliphatic rings. The van der Waals surface area contributed by atoms with Crippen LogP contribution in [-0.2, 0) is 0 Å². The van der Waals surface area contributed by atoms with E-state index >= 15 is 0 Å². The van der Waals surface area contributed by atoms with Crippen LogP contribution in [0.3, 0.4) is 0 Å². The number of hydrogen-bond donors (Lipinski definition) is 1. The number of hydrogen-bond acceptors (Lipinski definition) is 2. The van der Waals surface area contributed by atoms with E-state index in [1.807, 2.05) is 0 Å². The molecule has 104 valence electrons. The minimum Gasteiger partial charge on any atom is -0.310 e. The fourth-order valence-electron chi connectivity index (χ4n) is 4.14. The summed E-state index contributed by atoms with van der Waals surface area (Å²) in [6.07, 6.45) is 13.0. The molecule has 18 heavy (non-hydrogen) atoms. The molecule has 2 aliphatic carbocycles. The highest BCUT2D eigenvalue weighted by Gasteiger charge is 2.37. The Bertz CT molecular complexity index is 266. The topological polar surface area (TPSA) is 15.3 Å². The summed E-state index contributed by atoms with van der Waals surface area (Å²) in [5, 5.41) is 3.92. The summed E-state index contributed by atoms with van der Waals surface area (Å²) < 4.78 is 0. The van der Waals surface area contributed by atoms with Crippen LogP contribution < -0.4 is 5.32 Å². The Morgan fingerprint density at radius 2 is 1.83 bits per heavy atom. The molecule has 0 amide bonds. The van der Waals surface area contributed by atoms with Crippen molar-refractivity contribution in [2.75, 3.05) is 19.6 Å². The standard InChI is InChI=1S/C16H30N2/c1-14-8-11-17-16(9-3-2-4-10-16)13-18(14)12-15-6-5-7-15/h14-15,17H,2-13H2,1H3. The van der Waals surface area contributed by atoms with Crippen LogP contribution in [0.25, 0.3) is 0 Å². The summed E-state index contributed by atoms with van der Waals surface area (Å²) in [4.78, 5) is 2.83. The van der Waals surface area contributed by atoms with Crippen LogP contribution in [0.2, 0.25) is 0 Å². The van der Waals surface area contributed by atoms with E-state index in [0.717, 1.165) is 12.0 Å². The lowest BCUT2D eigenvalue weighted by atomic mass is 9.80. The minimum absolute atomic E-state index is 0.479. The van der Waals surface area contributed by atoms with Gasteiger partial charge in [-0.25, -0.2) is 0 Å². The van der Waals surface area contributed by atoms with E-state index in [2.05, 4.69) is 17.1 Å². The quantitative estimate of drug-likeness (QED) is 0.810. The molecule has 1 spiro atoms. The Morgan fingerprint density at radius 3 is 2.50 bits per heavy atom. The molecule has 0 aromatic carbocycles. The van der Waals surface area contributed by atoms with Gasteiger partial charge in [-0.2, -0.15) is 0 Å². The summed E-state index contributed by atoms with van der Waals surface area (Å²) in [6, 6.07) is 0.791. The average Bonchev–Trinajstić information content (AvgIpc) is 2.46. The van der Waals surface area contributed by atoms with E-state index in [-0.39, 0.29) is 0 Å². The Balaban J connectivity index is 1.65. The Labute approximate surface area is 113 Å². The molecule has 3 rings (SSSR count). The van der Waals surface area contributed by atoms with Gasteiger partial charge in [0, 0.05) is 24.7 Å². The summed E-state index contributed by atoms with van der Waals surface area (Å²) >= 11 is 0. The summed E-state index contributed by atoms with van der Waals surface area (Å²) in [5.41, 5.74) is 0.479. The monoisotopic (exact) mass is 250 g/mol. The van der Waals surface area contributed by atoms with Crippen molar-refractivity contribution in [1.29, 1.82) is 0 Å². The SMILES string of the molecule is CC1CCNC2(CCCCC2)CN1CC1CCC1. The van der Waals surface area contributed by atoms with Gasteiger partial charge in [0.25, 0.3) is 0 Å². The summed E-state index contributed by atoms with van der Waals surface area (Å²) in [7, 11) is 0. The van der Waals surface area contributed by atoms with Crippen LogP contribution >= 0.6 is 0 Å². The first kappa shape index (κ1) is 12.9. The van der Waals surface area contributed by atoms with Crippen molar-refractivity contribution in [3.8, 4) is 0 Å². The maximum atomic E-state index is 3.92. The number of rotatable bonds is 2. The minimum atomic E-state index is 0.479. The van der Waals surface area contributed by atoms with Crippen LogP contribution in [0.4, 0.5) is 0 Å². The molecule has 3 fully saturated rings.